The lowest BCUT2D eigenvalue weighted by molar-refractivity contribution is 0.0692. The Bertz CT molecular complexity index is 542. The number of aromatic amines is 1. The summed E-state index contributed by atoms with van der Waals surface area (Å²) in [5.74, 6) is -1.34. The summed E-state index contributed by atoms with van der Waals surface area (Å²) in [4.78, 5) is 10.9. The van der Waals surface area contributed by atoms with Gasteiger partial charge in [0.25, 0.3) is 10.0 Å². The molecule has 1 aromatic heterocycles. The average molecular weight is 275 g/mol. The predicted molar refractivity (Wildman–Crippen MR) is 64.8 cm³/mol. The fourth-order valence-electron chi connectivity index (χ4n) is 1.10. The number of aromatic nitrogens is 2. The summed E-state index contributed by atoms with van der Waals surface area (Å²) in [7, 11) is -3.92. The minimum Gasteiger partial charge on any atom is -0.478 e. The zero-order valence-corrected chi connectivity index (χ0v) is 11.5. The first-order valence-electron chi connectivity index (χ1n) is 5.34. The van der Waals surface area contributed by atoms with E-state index >= 15 is 0 Å². The maximum atomic E-state index is 12.0. The van der Waals surface area contributed by atoms with Crippen LogP contribution in [-0.2, 0) is 10.0 Å². The fourth-order valence-corrected chi connectivity index (χ4v) is 2.64. The van der Waals surface area contributed by atoms with Crippen LogP contribution in [0.15, 0.2) is 11.2 Å². The highest BCUT2D eigenvalue weighted by Crippen LogP contribution is 2.21. The van der Waals surface area contributed by atoms with Gasteiger partial charge in [0, 0.05) is 6.04 Å². The second kappa shape index (κ2) is 4.69. The molecule has 0 aromatic carbocycles. The molecule has 0 fully saturated rings. The Hall–Kier alpha value is -1.41. The summed E-state index contributed by atoms with van der Waals surface area (Å²) in [6.07, 6.45) is 0.971. The molecule has 1 unspecified atom stereocenters. The van der Waals surface area contributed by atoms with Crippen molar-refractivity contribution >= 4 is 16.0 Å². The van der Waals surface area contributed by atoms with Crippen LogP contribution in [-0.4, -0.2) is 35.7 Å². The normalized spacial score (nSPS) is 14.4. The van der Waals surface area contributed by atoms with E-state index < -0.39 is 21.0 Å². The Balaban J connectivity index is 3.08. The third-order valence-electron chi connectivity index (χ3n) is 2.73. The van der Waals surface area contributed by atoms with Gasteiger partial charge in [-0.15, -0.1) is 0 Å². The highest BCUT2D eigenvalue weighted by Gasteiger charge is 2.30. The van der Waals surface area contributed by atoms with E-state index in [-0.39, 0.29) is 17.0 Å². The molecule has 0 aliphatic heterocycles. The van der Waals surface area contributed by atoms with Gasteiger partial charge in [-0.2, -0.15) is 5.10 Å². The number of rotatable bonds is 4. The Morgan fingerprint density at radius 1 is 1.50 bits per heavy atom. The molecule has 102 valence electrons. The zero-order chi connectivity index (χ0) is 14.1. The molecule has 3 N–H and O–H groups in total. The van der Waals surface area contributed by atoms with E-state index in [1.807, 2.05) is 20.8 Å². The van der Waals surface area contributed by atoms with Gasteiger partial charge in [0.15, 0.2) is 5.03 Å². The molecule has 1 aromatic rings. The quantitative estimate of drug-likeness (QED) is 0.753. The zero-order valence-electron chi connectivity index (χ0n) is 10.7. The summed E-state index contributed by atoms with van der Waals surface area (Å²) >= 11 is 0. The molecule has 0 bridgehead atoms. The number of sulfonamides is 1. The Morgan fingerprint density at radius 2 is 2.06 bits per heavy atom. The van der Waals surface area contributed by atoms with Gasteiger partial charge in [-0.25, -0.2) is 17.9 Å². The van der Waals surface area contributed by atoms with E-state index in [1.165, 1.54) is 0 Å². The molecule has 8 heteroatoms. The predicted octanol–water partition coefficient (Wildman–Crippen LogP) is 0.821. The van der Waals surface area contributed by atoms with Crippen molar-refractivity contribution in [3.63, 3.8) is 0 Å². The lowest BCUT2D eigenvalue weighted by atomic mass is 9.89. The molecule has 18 heavy (non-hydrogen) atoms. The minimum atomic E-state index is -3.92. The molecule has 0 aliphatic rings. The van der Waals surface area contributed by atoms with Crippen molar-refractivity contribution in [2.24, 2.45) is 5.41 Å². The van der Waals surface area contributed by atoms with Crippen LogP contribution in [0.25, 0.3) is 0 Å². The van der Waals surface area contributed by atoms with E-state index in [0.29, 0.717) is 0 Å². The topological polar surface area (TPSA) is 112 Å². The Morgan fingerprint density at radius 3 is 2.50 bits per heavy atom. The standard InChI is InChI=1S/C10H17N3O4S/c1-6(10(2,3)4)13-18(16,17)8-7(9(14)15)5-11-12-8/h5-6,13H,1-4H3,(H,11,12)(H,14,15). The number of aromatic carboxylic acids is 1. The summed E-state index contributed by atoms with van der Waals surface area (Å²) in [6.45, 7) is 7.36. The summed E-state index contributed by atoms with van der Waals surface area (Å²) in [6, 6.07) is -0.354. The van der Waals surface area contributed by atoms with Gasteiger partial charge >= 0.3 is 5.97 Å². The average Bonchev–Trinajstić information content (AvgIpc) is 2.63. The molecule has 0 saturated carbocycles. The van der Waals surface area contributed by atoms with Gasteiger partial charge < -0.3 is 5.11 Å². The third-order valence-corrected chi connectivity index (χ3v) is 4.25. The van der Waals surface area contributed by atoms with Crippen molar-refractivity contribution in [1.29, 1.82) is 0 Å². The van der Waals surface area contributed by atoms with Gasteiger partial charge in [0.2, 0.25) is 0 Å². The number of H-pyrrole nitrogens is 1. The number of nitrogens with one attached hydrogen (secondary N) is 2. The first-order chi connectivity index (χ1) is 8.05. The van der Waals surface area contributed by atoms with Crippen molar-refractivity contribution in [2.45, 2.75) is 38.8 Å². The SMILES string of the molecule is CC(NS(=O)(=O)c1[nH]ncc1C(=O)O)C(C)(C)C. The molecule has 7 nitrogen and oxygen atoms in total. The smallest absolute Gasteiger partial charge is 0.340 e. The lowest BCUT2D eigenvalue weighted by Gasteiger charge is -2.27. The maximum absolute atomic E-state index is 12.0. The van der Waals surface area contributed by atoms with Crippen molar-refractivity contribution in [2.75, 3.05) is 0 Å². The number of carboxylic acids is 1. The molecule has 0 saturated heterocycles. The van der Waals surface area contributed by atoms with Crippen molar-refractivity contribution in [1.82, 2.24) is 14.9 Å². The van der Waals surface area contributed by atoms with E-state index in [4.69, 9.17) is 5.11 Å². The van der Waals surface area contributed by atoms with Gasteiger partial charge in [-0.05, 0) is 12.3 Å². The lowest BCUT2D eigenvalue weighted by Crippen LogP contribution is -2.41. The van der Waals surface area contributed by atoms with Crippen LogP contribution in [0.2, 0.25) is 0 Å². The highest BCUT2D eigenvalue weighted by molar-refractivity contribution is 7.89. The van der Waals surface area contributed by atoms with E-state index in [2.05, 4.69) is 14.9 Å². The fraction of sp³-hybridized carbons (Fsp3) is 0.600. The van der Waals surface area contributed by atoms with E-state index in [1.54, 1.807) is 6.92 Å². The highest BCUT2D eigenvalue weighted by atomic mass is 32.2. The molecule has 1 heterocycles. The van der Waals surface area contributed by atoms with Gasteiger partial charge in [-0.1, -0.05) is 20.8 Å². The monoisotopic (exact) mass is 275 g/mol. The van der Waals surface area contributed by atoms with E-state index in [0.717, 1.165) is 6.20 Å². The first kappa shape index (κ1) is 14.7. The van der Waals surface area contributed by atoms with Crippen molar-refractivity contribution in [3.05, 3.63) is 11.8 Å². The van der Waals surface area contributed by atoms with Crippen LogP contribution in [0.4, 0.5) is 0 Å². The van der Waals surface area contributed by atoms with Crippen molar-refractivity contribution in [3.8, 4) is 0 Å². The molecule has 1 rings (SSSR count). The van der Waals surface area contributed by atoms with Gasteiger partial charge in [0.05, 0.1) is 6.20 Å². The molecular weight excluding hydrogens is 258 g/mol. The largest absolute Gasteiger partial charge is 0.478 e. The number of hydrogen-bond acceptors (Lipinski definition) is 4. The van der Waals surface area contributed by atoms with Crippen LogP contribution in [0.5, 0.6) is 0 Å². The number of carbonyl (C=O) groups is 1. The molecule has 0 amide bonds. The summed E-state index contributed by atoms with van der Waals surface area (Å²) in [5, 5.41) is 14.1. The van der Waals surface area contributed by atoms with E-state index in [9.17, 15) is 13.2 Å². The second-order valence-corrected chi connectivity index (χ2v) is 6.78. The van der Waals surface area contributed by atoms with Crippen LogP contribution >= 0.6 is 0 Å². The molecule has 0 spiro atoms. The Kier molecular flexibility index (Phi) is 3.82. The first-order valence-corrected chi connectivity index (χ1v) is 6.83. The third kappa shape index (κ3) is 3.08. The molecule has 0 aliphatic carbocycles. The van der Waals surface area contributed by atoms with Crippen molar-refractivity contribution < 1.29 is 18.3 Å². The van der Waals surface area contributed by atoms with Crippen LogP contribution in [0, 0.1) is 5.41 Å². The number of nitrogens with zero attached hydrogens (tertiary/aromatic N) is 1. The molecular formula is C10H17N3O4S. The number of carboxylic acid groups (broad SMARTS) is 1. The van der Waals surface area contributed by atoms with Crippen LogP contribution in [0.1, 0.15) is 38.1 Å². The van der Waals surface area contributed by atoms with Crippen LogP contribution < -0.4 is 4.72 Å². The van der Waals surface area contributed by atoms with Gasteiger partial charge in [-0.3, -0.25) is 5.10 Å². The minimum absolute atomic E-state index is 0.281. The summed E-state index contributed by atoms with van der Waals surface area (Å²) < 4.78 is 26.5. The molecule has 1 atom stereocenters. The summed E-state index contributed by atoms with van der Waals surface area (Å²) in [5.41, 5.74) is -0.653. The number of hydrogen-bond donors (Lipinski definition) is 3. The second-order valence-electron chi connectivity index (χ2n) is 5.13. The Labute approximate surface area is 106 Å². The van der Waals surface area contributed by atoms with Gasteiger partial charge in [0.1, 0.15) is 5.56 Å². The van der Waals surface area contributed by atoms with Crippen LogP contribution in [0.3, 0.4) is 0 Å². The maximum Gasteiger partial charge on any atom is 0.340 e. The molecule has 0 radical (unpaired) electrons.